The van der Waals surface area contributed by atoms with E-state index in [0.29, 0.717) is 12.4 Å². The average Bonchev–Trinajstić information content (AvgIpc) is 2.61. The van der Waals surface area contributed by atoms with Crippen molar-refractivity contribution in [3.05, 3.63) is 95.8 Å². The minimum atomic E-state index is -0.260. The molecule has 3 aromatic carbocycles. The Bertz CT molecular complexity index is 819. The Morgan fingerprint density at radius 2 is 1.75 bits per heavy atom. The lowest BCUT2D eigenvalue weighted by Crippen LogP contribution is -1.96. The van der Waals surface area contributed by atoms with Crippen molar-refractivity contribution >= 4 is 11.9 Å². The molecular formula is C20H17FN2O. The molecule has 0 amide bonds. The van der Waals surface area contributed by atoms with Gasteiger partial charge in [0.05, 0.1) is 11.9 Å². The maximum atomic E-state index is 13.2. The Morgan fingerprint density at radius 3 is 2.58 bits per heavy atom. The molecule has 0 fully saturated rings. The Kier molecular flexibility index (Phi) is 5.20. The molecule has 3 aromatic rings. The van der Waals surface area contributed by atoms with Crippen molar-refractivity contribution in [2.45, 2.75) is 6.61 Å². The second kappa shape index (κ2) is 7.92. The third-order valence-corrected chi connectivity index (χ3v) is 3.33. The third kappa shape index (κ3) is 4.68. The number of benzene rings is 3. The molecule has 120 valence electrons. The van der Waals surface area contributed by atoms with Gasteiger partial charge in [0.1, 0.15) is 18.2 Å². The molecule has 0 saturated carbocycles. The van der Waals surface area contributed by atoms with Gasteiger partial charge in [-0.2, -0.15) is 5.10 Å². The first-order valence-electron chi connectivity index (χ1n) is 7.61. The lowest BCUT2D eigenvalue weighted by molar-refractivity contribution is 0.305. The average molecular weight is 320 g/mol. The summed E-state index contributed by atoms with van der Waals surface area (Å²) in [7, 11) is 0. The second-order valence-electron chi connectivity index (χ2n) is 5.23. The number of hydrogen-bond donors (Lipinski definition) is 1. The van der Waals surface area contributed by atoms with Crippen LogP contribution in [0, 0.1) is 5.82 Å². The van der Waals surface area contributed by atoms with Gasteiger partial charge in [-0.15, -0.1) is 0 Å². The van der Waals surface area contributed by atoms with E-state index < -0.39 is 0 Å². The van der Waals surface area contributed by atoms with Crippen LogP contribution in [-0.2, 0) is 6.61 Å². The molecule has 0 aliphatic carbocycles. The van der Waals surface area contributed by atoms with Crippen LogP contribution in [0.15, 0.2) is 84.0 Å². The van der Waals surface area contributed by atoms with Crippen molar-refractivity contribution in [3.8, 4) is 5.75 Å². The van der Waals surface area contributed by atoms with Crippen molar-refractivity contribution in [2.75, 3.05) is 5.43 Å². The summed E-state index contributed by atoms with van der Waals surface area (Å²) < 4.78 is 18.9. The van der Waals surface area contributed by atoms with E-state index in [9.17, 15) is 4.39 Å². The predicted octanol–water partition coefficient (Wildman–Crippen LogP) is 4.85. The molecule has 24 heavy (non-hydrogen) atoms. The number of ether oxygens (including phenoxy) is 1. The molecule has 0 spiro atoms. The van der Waals surface area contributed by atoms with Gasteiger partial charge < -0.3 is 4.74 Å². The van der Waals surface area contributed by atoms with Crippen LogP contribution >= 0.6 is 0 Å². The topological polar surface area (TPSA) is 33.6 Å². The summed E-state index contributed by atoms with van der Waals surface area (Å²) >= 11 is 0. The van der Waals surface area contributed by atoms with Gasteiger partial charge in [0.2, 0.25) is 0 Å². The Balaban J connectivity index is 1.59. The quantitative estimate of drug-likeness (QED) is 0.520. The van der Waals surface area contributed by atoms with Crippen molar-refractivity contribution in [1.29, 1.82) is 0 Å². The summed E-state index contributed by atoms with van der Waals surface area (Å²) in [5, 5.41) is 4.20. The van der Waals surface area contributed by atoms with Gasteiger partial charge in [0.25, 0.3) is 0 Å². The van der Waals surface area contributed by atoms with Crippen LogP contribution in [-0.4, -0.2) is 6.21 Å². The first-order chi connectivity index (χ1) is 11.8. The fourth-order valence-electron chi connectivity index (χ4n) is 2.17. The maximum absolute atomic E-state index is 13.2. The number of halogens is 1. The molecule has 0 aliphatic heterocycles. The minimum Gasteiger partial charge on any atom is -0.489 e. The van der Waals surface area contributed by atoms with E-state index in [2.05, 4.69) is 10.5 Å². The smallest absolute Gasteiger partial charge is 0.123 e. The SMILES string of the molecule is Fc1cccc(COc2cccc(C=NNc3ccccc3)c2)c1. The van der Waals surface area contributed by atoms with Crippen LogP contribution in [0.2, 0.25) is 0 Å². The Morgan fingerprint density at radius 1 is 0.917 bits per heavy atom. The molecule has 3 rings (SSSR count). The number of anilines is 1. The van der Waals surface area contributed by atoms with Crippen LogP contribution in [0.3, 0.4) is 0 Å². The fraction of sp³-hybridized carbons (Fsp3) is 0.0500. The zero-order chi connectivity index (χ0) is 16.6. The highest BCUT2D eigenvalue weighted by Gasteiger charge is 1.99. The molecular weight excluding hydrogens is 303 g/mol. The highest BCUT2D eigenvalue weighted by atomic mass is 19.1. The van der Waals surface area contributed by atoms with Crippen LogP contribution in [0.5, 0.6) is 5.75 Å². The normalized spacial score (nSPS) is 10.7. The van der Waals surface area contributed by atoms with E-state index in [-0.39, 0.29) is 5.82 Å². The van der Waals surface area contributed by atoms with Crippen molar-refractivity contribution in [1.82, 2.24) is 0 Å². The standard InChI is InChI=1S/C20H17FN2O/c21-18-8-4-7-17(12-18)15-24-20-11-5-6-16(13-20)14-22-23-19-9-2-1-3-10-19/h1-14,23H,15H2. The highest BCUT2D eigenvalue weighted by Crippen LogP contribution is 2.15. The zero-order valence-electron chi connectivity index (χ0n) is 13.0. The summed E-state index contributed by atoms with van der Waals surface area (Å²) in [5.74, 6) is 0.451. The van der Waals surface area contributed by atoms with E-state index >= 15 is 0 Å². The monoisotopic (exact) mass is 320 g/mol. The summed E-state index contributed by atoms with van der Waals surface area (Å²) in [6.07, 6.45) is 1.72. The first-order valence-corrected chi connectivity index (χ1v) is 7.61. The molecule has 0 radical (unpaired) electrons. The Hall–Kier alpha value is -3.14. The lowest BCUT2D eigenvalue weighted by Gasteiger charge is -2.07. The van der Waals surface area contributed by atoms with E-state index in [4.69, 9.17) is 4.74 Å². The van der Waals surface area contributed by atoms with Crippen LogP contribution in [0.1, 0.15) is 11.1 Å². The zero-order valence-corrected chi connectivity index (χ0v) is 13.0. The molecule has 0 bridgehead atoms. The van der Waals surface area contributed by atoms with E-state index in [1.807, 2.05) is 60.7 Å². The van der Waals surface area contributed by atoms with Crippen LogP contribution < -0.4 is 10.2 Å². The van der Waals surface area contributed by atoms with Gasteiger partial charge >= 0.3 is 0 Å². The molecule has 3 nitrogen and oxygen atoms in total. The van der Waals surface area contributed by atoms with Gasteiger partial charge in [0, 0.05) is 0 Å². The number of para-hydroxylation sites is 1. The minimum absolute atomic E-state index is 0.260. The maximum Gasteiger partial charge on any atom is 0.123 e. The van der Waals surface area contributed by atoms with Crippen molar-refractivity contribution in [2.24, 2.45) is 5.10 Å². The molecule has 1 N–H and O–H groups in total. The molecule has 0 unspecified atom stereocenters. The molecule has 0 aromatic heterocycles. The molecule has 0 heterocycles. The van der Waals surface area contributed by atoms with Crippen molar-refractivity contribution < 1.29 is 9.13 Å². The highest BCUT2D eigenvalue weighted by molar-refractivity contribution is 5.80. The summed E-state index contributed by atoms with van der Waals surface area (Å²) in [6.45, 7) is 0.320. The Labute approximate surface area is 140 Å². The summed E-state index contributed by atoms with van der Waals surface area (Å²) in [5.41, 5.74) is 5.59. The van der Waals surface area contributed by atoms with Crippen molar-refractivity contribution in [3.63, 3.8) is 0 Å². The van der Waals surface area contributed by atoms with E-state index in [1.165, 1.54) is 12.1 Å². The first kappa shape index (κ1) is 15.7. The van der Waals surface area contributed by atoms with Gasteiger partial charge in [0.15, 0.2) is 0 Å². The number of rotatable bonds is 6. The van der Waals surface area contributed by atoms with Gasteiger partial charge in [-0.1, -0.05) is 42.5 Å². The number of hydrazone groups is 1. The second-order valence-corrected chi connectivity index (χ2v) is 5.23. The lowest BCUT2D eigenvalue weighted by atomic mass is 10.2. The number of nitrogens with one attached hydrogen (secondary N) is 1. The predicted molar refractivity (Wildman–Crippen MR) is 94.8 cm³/mol. The van der Waals surface area contributed by atoms with Gasteiger partial charge in [-0.3, -0.25) is 5.43 Å². The number of nitrogens with zero attached hydrogens (tertiary/aromatic N) is 1. The fourth-order valence-corrected chi connectivity index (χ4v) is 2.17. The van der Waals surface area contributed by atoms with Gasteiger partial charge in [-0.25, -0.2) is 4.39 Å². The van der Waals surface area contributed by atoms with Crippen LogP contribution in [0.25, 0.3) is 0 Å². The third-order valence-electron chi connectivity index (χ3n) is 3.33. The van der Waals surface area contributed by atoms with Gasteiger partial charge in [-0.05, 0) is 47.5 Å². The molecule has 0 aliphatic rings. The number of hydrogen-bond acceptors (Lipinski definition) is 3. The molecule has 0 saturated heterocycles. The summed E-state index contributed by atoms with van der Waals surface area (Å²) in [6, 6.07) is 23.7. The van der Waals surface area contributed by atoms with E-state index in [1.54, 1.807) is 12.3 Å². The summed E-state index contributed by atoms with van der Waals surface area (Å²) in [4.78, 5) is 0. The largest absolute Gasteiger partial charge is 0.489 e. The molecule has 4 heteroatoms. The molecule has 0 atom stereocenters. The van der Waals surface area contributed by atoms with Crippen LogP contribution in [0.4, 0.5) is 10.1 Å². The van der Waals surface area contributed by atoms with E-state index in [0.717, 1.165) is 16.8 Å².